The molecule has 0 saturated heterocycles. The summed E-state index contributed by atoms with van der Waals surface area (Å²) in [6.45, 7) is 1.39. The normalized spacial score (nSPS) is 11.9. The number of hydrogen-bond donors (Lipinski definition) is 1. The zero-order valence-electron chi connectivity index (χ0n) is 20.9. The lowest BCUT2D eigenvalue weighted by molar-refractivity contribution is -0.140. The Morgan fingerprint density at radius 2 is 1.59 bits per heavy atom. The van der Waals surface area contributed by atoms with E-state index in [4.69, 9.17) is 16.3 Å². The largest absolute Gasteiger partial charge is 0.497 e. The number of rotatable bonds is 11. The molecule has 3 aromatic rings. The van der Waals surface area contributed by atoms with Gasteiger partial charge in [0, 0.05) is 18.6 Å². The van der Waals surface area contributed by atoms with Gasteiger partial charge in [-0.3, -0.25) is 13.9 Å². The van der Waals surface area contributed by atoms with E-state index in [2.05, 4.69) is 5.32 Å². The summed E-state index contributed by atoms with van der Waals surface area (Å²) in [6.07, 6.45) is 0.341. The fourth-order valence-corrected chi connectivity index (χ4v) is 5.43. The van der Waals surface area contributed by atoms with Gasteiger partial charge < -0.3 is 15.0 Å². The van der Waals surface area contributed by atoms with Crippen LogP contribution < -0.4 is 14.4 Å². The summed E-state index contributed by atoms with van der Waals surface area (Å²) < 4.78 is 33.6. The minimum absolute atomic E-state index is 0.0396. The summed E-state index contributed by atoms with van der Waals surface area (Å²) in [5, 5.41) is 3.03. The summed E-state index contributed by atoms with van der Waals surface area (Å²) in [5.41, 5.74) is 1.04. The first-order valence-corrected chi connectivity index (χ1v) is 13.5. The molecule has 3 aromatic carbocycles. The van der Waals surface area contributed by atoms with Crippen LogP contribution in [0.1, 0.15) is 18.9 Å². The highest BCUT2D eigenvalue weighted by molar-refractivity contribution is 7.92. The number of likely N-dealkylation sites (N-methyl/N-ethyl adjacent to an activating group) is 1. The minimum Gasteiger partial charge on any atom is -0.497 e. The SMILES string of the molecule is CCC(C(=O)NC)N(Cc1ccc(OC)cc1)C(=O)CN(c1ccc(Cl)cc1)S(=O)(=O)c1ccccc1. The van der Waals surface area contributed by atoms with Gasteiger partial charge in [0.25, 0.3) is 10.0 Å². The molecule has 1 N–H and O–H groups in total. The lowest BCUT2D eigenvalue weighted by atomic mass is 10.1. The fraction of sp³-hybridized carbons (Fsp3) is 0.259. The molecule has 8 nitrogen and oxygen atoms in total. The number of halogens is 1. The molecule has 1 unspecified atom stereocenters. The minimum atomic E-state index is -4.11. The summed E-state index contributed by atoms with van der Waals surface area (Å²) in [5.74, 6) is -0.211. The first kappa shape index (κ1) is 28.0. The number of anilines is 1. The molecule has 0 aliphatic rings. The molecule has 0 radical (unpaired) electrons. The highest BCUT2D eigenvalue weighted by Gasteiger charge is 2.33. The fourth-order valence-electron chi connectivity index (χ4n) is 3.87. The van der Waals surface area contributed by atoms with Crippen molar-refractivity contribution in [3.63, 3.8) is 0 Å². The van der Waals surface area contributed by atoms with Crippen molar-refractivity contribution < 1.29 is 22.7 Å². The van der Waals surface area contributed by atoms with E-state index >= 15 is 0 Å². The van der Waals surface area contributed by atoms with Crippen LogP contribution in [-0.4, -0.2) is 51.9 Å². The highest BCUT2D eigenvalue weighted by atomic mass is 35.5. The number of hydrogen-bond acceptors (Lipinski definition) is 5. The predicted molar refractivity (Wildman–Crippen MR) is 144 cm³/mol. The van der Waals surface area contributed by atoms with E-state index in [0.29, 0.717) is 17.2 Å². The van der Waals surface area contributed by atoms with Crippen molar-refractivity contribution in [2.45, 2.75) is 30.8 Å². The van der Waals surface area contributed by atoms with Crippen molar-refractivity contribution in [2.24, 2.45) is 0 Å². The Hall–Kier alpha value is -3.56. The van der Waals surface area contributed by atoms with E-state index in [1.54, 1.807) is 80.8 Å². The van der Waals surface area contributed by atoms with E-state index in [-0.39, 0.29) is 23.0 Å². The average molecular weight is 544 g/mol. The predicted octanol–water partition coefficient (Wildman–Crippen LogP) is 4.10. The van der Waals surface area contributed by atoms with E-state index < -0.39 is 28.5 Å². The van der Waals surface area contributed by atoms with Crippen LogP contribution in [0, 0.1) is 0 Å². The quantitative estimate of drug-likeness (QED) is 0.393. The first-order valence-electron chi connectivity index (χ1n) is 11.7. The van der Waals surface area contributed by atoms with Gasteiger partial charge in [-0.1, -0.05) is 48.9 Å². The molecule has 0 fully saturated rings. The molecule has 1 atom stereocenters. The maximum absolute atomic E-state index is 13.8. The molecule has 0 heterocycles. The Bertz CT molecular complexity index is 1300. The maximum Gasteiger partial charge on any atom is 0.264 e. The smallest absolute Gasteiger partial charge is 0.264 e. The molecule has 37 heavy (non-hydrogen) atoms. The number of amides is 2. The van der Waals surface area contributed by atoms with Crippen LogP contribution >= 0.6 is 11.6 Å². The number of sulfonamides is 1. The average Bonchev–Trinajstić information content (AvgIpc) is 2.92. The van der Waals surface area contributed by atoms with Gasteiger partial charge in [0.1, 0.15) is 18.3 Å². The Morgan fingerprint density at radius 3 is 2.14 bits per heavy atom. The number of methoxy groups -OCH3 is 1. The molecule has 0 aliphatic heterocycles. The molecular weight excluding hydrogens is 514 g/mol. The summed E-state index contributed by atoms with van der Waals surface area (Å²) >= 11 is 6.03. The molecule has 10 heteroatoms. The van der Waals surface area contributed by atoms with Crippen LogP contribution in [0.5, 0.6) is 5.75 Å². The van der Waals surface area contributed by atoms with E-state index in [0.717, 1.165) is 9.87 Å². The Balaban J connectivity index is 2.02. The molecule has 2 amide bonds. The van der Waals surface area contributed by atoms with Crippen LogP contribution in [0.15, 0.2) is 83.8 Å². The number of carbonyl (C=O) groups excluding carboxylic acids is 2. The molecule has 3 rings (SSSR count). The van der Waals surface area contributed by atoms with Crippen molar-refractivity contribution in [2.75, 3.05) is 25.0 Å². The van der Waals surface area contributed by atoms with Crippen LogP contribution in [0.2, 0.25) is 5.02 Å². The van der Waals surface area contributed by atoms with E-state index in [1.165, 1.54) is 24.1 Å². The number of nitrogens with zero attached hydrogens (tertiary/aromatic N) is 2. The second-order valence-electron chi connectivity index (χ2n) is 8.21. The zero-order valence-corrected chi connectivity index (χ0v) is 22.5. The third kappa shape index (κ3) is 6.81. The Labute approximate surface area is 222 Å². The molecule has 196 valence electrons. The lowest BCUT2D eigenvalue weighted by Crippen LogP contribution is -2.51. The molecule has 0 aromatic heterocycles. The standard InChI is InChI=1S/C27H30ClN3O5S/c1-4-25(27(33)29-2)30(18-20-10-16-23(36-3)17-11-20)26(32)19-31(22-14-12-21(28)13-15-22)37(34,35)24-8-6-5-7-9-24/h5-17,25H,4,18-19H2,1-3H3,(H,29,33). The van der Waals surface area contributed by atoms with Gasteiger partial charge in [-0.05, 0) is 60.5 Å². The van der Waals surface area contributed by atoms with Gasteiger partial charge in [-0.15, -0.1) is 0 Å². The molecular formula is C27H30ClN3O5S. The third-order valence-electron chi connectivity index (χ3n) is 5.87. The maximum atomic E-state index is 13.8. The van der Waals surface area contributed by atoms with E-state index in [1.807, 2.05) is 0 Å². The van der Waals surface area contributed by atoms with Gasteiger partial charge in [-0.2, -0.15) is 0 Å². The number of ether oxygens (including phenoxy) is 1. The molecule has 0 saturated carbocycles. The van der Waals surface area contributed by atoms with Crippen molar-refractivity contribution in [3.8, 4) is 5.75 Å². The van der Waals surface area contributed by atoms with Crippen molar-refractivity contribution in [1.29, 1.82) is 0 Å². The van der Waals surface area contributed by atoms with Gasteiger partial charge >= 0.3 is 0 Å². The third-order valence-corrected chi connectivity index (χ3v) is 7.91. The van der Waals surface area contributed by atoms with Gasteiger partial charge in [0.2, 0.25) is 11.8 Å². The Morgan fingerprint density at radius 1 is 0.973 bits per heavy atom. The van der Waals surface area contributed by atoms with Crippen LogP contribution in [0.4, 0.5) is 5.69 Å². The van der Waals surface area contributed by atoms with Crippen LogP contribution in [0.3, 0.4) is 0 Å². The molecule has 0 bridgehead atoms. The second-order valence-corrected chi connectivity index (χ2v) is 10.5. The number of carbonyl (C=O) groups is 2. The topological polar surface area (TPSA) is 96.0 Å². The second kappa shape index (κ2) is 12.6. The van der Waals surface area contributed by atoms with Crippen molar-refractivity contribution in [1.82, 2.24) is 10.2 Å². The van der Waals surface area contributed by atoms with E-state index in [9.17, 15) is 18.0 Å². The molecule has 0 spiro atoms. The summed E-state index contributed by atoms with van der Waals surface area (Å²) in [4.78, 5) is 28.0. The van der Waals surface area contributed by atoms with Gasteiger partial charge in [0.05, 0.1) is 17.7 Å². The monoisotopic (exact) mass is 543 g/mol. The Kier molecular flexibility index (Phi) is 9.54. The lowest BCUT2D eigenvalue weighted by Gasteiger charge is -2.33. The zero-order chi connectivity index (χ0) is 27.0. The summed E-state index contributed by atoms with van der Waals surface area (Å²) in [6, 6.07) is 20.4. The molecule has 0 aliphatic carbocycles. The van der Waals surface area contributed by atoms with Crippen LogP contribution in [-0.2, 0) is 26.2 Å². The summed E-state index contributed by atoms with van der Waals surface area (Å²) in [7, 11) is -1.05. The number of benzene rings is 3. The van der Waals surface area contributed by atoms with Crippen molar-refractivity contribution >= 4 is 39.1 Å². The van der Waals surface area contributed by atoms with Crippen molar-refractivity contribution in [3.05, 3.63) is 89.4 Å². The van der Waals surface area contributed by atoms with Gasteiger partial charge in [-0.25, -0.2) is 8.42 Å². The first-order chi connectivity index (χ1) is 17.7. The highest BCUT2D eigenvalue weighted by Crippen LogP contribution is 2.26. The van der Waals surface area contributed by atoms with Gasteiger partial charge in [0.15, 0.2) is 0 Å². The number of nitrogens with one attached hydrogen (secondary N) is 1. The van der Waals surface area contributed by atoms with Crippen LogP contribution in [0.25, 0.3) is 0 Å².